The number of benzene rings is 1. The van der Waals surface area contributed by atoms with Crippen LogP contribution >= 0.6 is 0 Å². The highest BCUT2D eigenvalue weighted by atomic mass is 16.6. The third-order valence-electron chi connectivity index (χ3n) is 2.48. The number of hydrazine groups is 1. The van der Waals surface area contributed by atoms with E-state index in [1.807, 2.05) is 31.2 Å². The number of para-hydroxylation sites is 1. The normalized spacial score (nSPS) is 9.70. The number of amides is 2. The van der Waals surface area contributed by atoms with Gasteiger partial charge in [-0.15, -0.1) is 0 Å². The maximum absolute atomic E-state index is 11.4. The van der Waals surface area contributed by atoms with Crippen LogP contribution in [0.2, 0.25) is 0 Å². The van der Waals surface area contributed by atoms with Gasteiger partial charge in [0.1, 0.15) is 5.75 Å². The molecule has 0 saturated heterocycles. The van der Waals surface area contributed by atoms with Crippen molar-refractivity contribution in [1.29, 1.82) is 0 Å². The molecule has 0 aliphatic rings. The number of rotatable bonds is 6. The summed E-state index contributed by atoms with van der Waals surface area (Å²) in [6.45, 7) is 4.35. The van der Waals surface area contributed by atoms with Gasteiger partial charge in [-0.3, -0.25) is 10.2 Å². The average molecular weight is 280 g/mol. The summed E-state index contributed by atoms with van der Waals surface area (Å²) in [4.78, 5) is 22.3. The van der Waals surface area contributed by atoms with Crippen LogP contribution in [0.1, 0.15) is 25.3 Å². The molecule has 6 heteroatoms. The molecular formula is C14H20N2O4. The number of ether oxygens (including phenoxy) is 2. The first-order valence-corrected chi connectivity index (χ1v) is 6.53. The maximum Gasteiger partial charge on any atom is 0.426 e. The molecule has 0 aliphatic carbocycles. The van der Waals surface area contributed by atoms with Gasteiger partial charge in [-0.25, -0.2) is 10.2 Å². The highest BCUT2D eigenvalue weighted by Gasteiger charge is 2.05. The molecule has 1 rings (SSSR count). The quantitative estimate of drug-likeness (QED) is 0.616. The van der Waals surface area contributed by atoms with Crippen molar-refractivity contribution in [2.45, 2.75) is 26.7 Å². The van der Waals surface area contributed by atoms with Gasteiger partial charge in [0, 0.05) is 6.42 Å². The fourth-order valence-electron chi connectivity index (χ4n) is 1.48. The van der Waals surface area contributed by atoms with Crippen LogP contribution in [-0.4, -0.2) is 25.2 Å². The Morgan fingerprint density at radius 1 is 1.20 bits per heavy atom. The van der Waals surface area contributed by atoms with Crippen molar-refractivity contribution in [3.8, 4) is 5.75 Å². The Morgan fingerprint density at radius 2 is 1.95 bits per heavy atom. The highest BCUT2D eigenvalue weighted by molar-refractivity contribution is 5.78. The summed E-state index contributed by atoms with van der Waals surface area (Å²) >= 11 is 0. The lowest BCUT2D eigenvalue weighted by Gasteiger charge is -2.09. The molecule has 0 fully saturated rings. The molecular weight excluding hydrogens is 260 g/mol. The smallest absolute Gasteiger partial charge is 0.426 e. The second-order valence-electron chi connectivity index (χ2n) is 4.11. The van der Waals surface area contributed by atoms with Crippen molar-refractivity contribution >= 4 is 12.0 Å². The van der Waals surface area contributed by atoms with Crippen molar-refractivity contribution < 1.29 is 19.1 Å². The minimum atomic E-state index is -0.669. The molecule has 0 bridgehead atoms. The molecule has 0 atom stereocenters. The fourth-order valence-corrected chi connectivity index (χ4v) is 1.48. The molecule has 20 heavy (non-hydrogen) atoms. The number of carbonyl (C=O) groups is 2. The van der Waals surface area contributed by atoms with Crippen LogP contribution in [0.15, 0.2) is 24.3 Å². The summed E-state index contributed by atoms with van der Waals surface area (Å²) in [5.74, 6) is 0.531. The van der Waals surface area contributed by atoms with Crippen LogP contribution in [0.4, 0.5) is 4.79 Å². The molecule has 2 amide bonds. The lowest BCUT2D eigenvalue weighted by Crippen LogP contribution is -2.41. The number of aryl methyl sites for hydroxylation is 1. The molecule has 1 aromatic rings. The number of hydrogen-bond donors (Lipinski definition) is 2. The minimum absolute atomic E-state index is 0.256. The van der Waals surface area contributed by atoms with E-state index in [-0.39, 0.29) is 18.9 Å². The van der Waals surface area contributed by atoms with Gasteiger partial charge in [0.05, 0.1) is 13.2 Å². The summed E-state index contributed by atoms with van der Waals surface area (Å²) in [6, 6.07) is 7.69. The van der Waals surface area contributed by atoms with E-state index in [1.165, 1.54) is 0 Å². The Balaban J connectivity index is 2.13. The van der Waals surface area contributed by atoms with Gasteiger partial charge in [-0.1, -0.05) is 18.2 Å². The van der Waals surface area contributed by atoms with Gasteiger partial charge in [-0.2, -0.15) is 0 Å². The van der Waals surface area contributed by atoms with Gasteiger partial charge in [-0.05, 0) is 31.9 Å². The second kappa shape index (κ2) is 8.79. The highest BCUT2D eigenvalue weighted by Crippen LogP contribution is 2.16. The van der Waals surface area contributed by atoms with E-state index in [0.29, 0.717) is 13.0 Å². The number of nitrogens with one attached hydrogen (secondary N) is 2. The van der Waals surface area contributed by atoms with E-state index < -0.39 is 6.09 Å². The Bertz CT molecular complexity index is 449. The van der Waals surface area contributed by atoms with E-state index in [1.54, 1.807) is 6.92 Å². The molecule has 0 unspecified atom stereocenters. The van der Waals surface area contributed by atoms with Gasteiger partial charge >= 0.3 is 6.09 Å². The third-order valence-corrected chi connectivity index (χ3v) is 2.48. The van der Waals surface area contributed by atoms with Crippen molar-refractivity contribution in [2.24, 2.45) is 0 Å². The lowest BCUT2D eigenvalue weighted by molar-refractivity contribution is -0.122. The molecule has 2 N–H and O–H groups in total. The largest absolute Gasteiger partial charge is 0.493 e. The fraction of sp³-hybridized carbons (Fsp3) is 0.429. The van der Waals surface area contributed by atoms with E-state index in [2.05, 4.69) is 15.6 Å². The molecule has 0 aromatic heterocycles. The topological polar surface area (TPSA) is 76.7 Å². The minimum Gasteiger partial charge on any atom is -0.493 e. The summed E-state index contributed by atoms with van der Waals surface area (Å²) in [5.41, 5.74) is 5.46. The summed E-state index contributed by atoms with van der Waals surface area (Å²) in [7, 11) is 0. The zero-order chi connectivity index (χ0) is 14.8. The Labute approximate surface area is 118 Å². The second-order valence-corrected chi connectivity index (χ2v) is 4.11. The predicted octanol–water partition coefficient (Wildman–Crippen LogP) is 1.93. The summed E-state index contributed by atoms with van der Waals surface area (Å²) in [5, 5.41) is 0. The van der Waals surface area contributed by atoms with Gasteiger partial charge < -0.3 is 9.47 Å². The Kier molecular flexibility index (Phi) is 6.95. The first-order chi connectivity index (χ1) is 9.63. The van der Waals surface area contributed by atoms with Gasteiger partial charge in [0.15, 0.2) is 0 Å². The standard InChI is InChI=1S/C14H20N2O4/c1-3-19-14(18)16-15-13(17)9-6-10-20-12-8-5-4-7-11(12)2/h4-5,7-8H,3,6,9-10H2,1-2H3,(H,15,17)(H,16,18). The zero-order valence-corrected chi connectivity index (χ0v) is 11.8. The van der Waals surface area contributed by atoms with Crippen molar-refractivity contribution in [1.82, 2.24) is 10.9 Å². The van der Waals surface area contributed by atoms with Crippen molar-refractivity contribution in [3.63, 3.8) is 0 Å². The molecule has 0 spiro atoms. The van der Waals surface area contributed by atoms with Crippen LogP contribution in [0.3, 0.4) is 0 Å². The van der Waals surface area contributed by atoms with Crippen LogP contribution in [0.5, 0.6) is 5.75 Å². The lowest BCUT2D eigenvalue weighted by atomic mass is 10.2. The van der Waals surface area contributed by atoms with Crippen LogP contribution in [-0.2, 0) is 9.53 Å². The average Bonchev–Trinajstić information content (AvgIpc) is 2.43. The van der Waals surface area contributed by atoms with E-state index in [0.717, 1.165) is 11.3 Å². The van der Waals surface area contributed by atoms with E-state index in [4.69, 9.17) is 4.74 Å². The molecule has 0 radical (unpaired) electrons. The molecule has 110 valence electrons. The maximum atomic E-state index is 11.4. The molecule has 0 heterocycles. The first kappa shape index (κ1) is 15.8. The zero-order valence-electron chi connectivity index (χ0n) is 11.8. The van der Waals surface area contributed by atoms with Crippen LogP contribution in [0, 0.1) is 6.92 Å². The predicted molar refractivity (Wildman–Crippen MR) is 74.2 cm³/mol. The molecule has 0 saturated carbocycles. The SMILES string of the molecule is CCOC(=O)NNC(=O)CCCOc1ccccc1C. The third kappa shape index (κ3) is 6.08. The van der Waals surface area contributed by atoms with Crippen LogP contribution < -0.4 is 15.6 Å². The number of hydrogen-bond acceptors (Lipinski definition) is 4. The van der Waals surface area contributed by atoms with Crippen molar-refractivity contribution in [2.75, 3.05) is 13.2 Å². The number of carbonyl (C=O) groups excluding carboxylic acids is 2. The summed E-state index contributed by atoms with van der Waals surface area (Å²) in [6.07, 6.45) is 0.153. The van der Waals surface area contributed by atoms with E-state index in [9.17, 15) is 9.59 Å². The monoisotopic (exact) mass is 280 g/mol. The molecule has 1 aromatic carbocycles. The van der Waals surface area contributed by atoms with Gasteiger partial charge in [0.2, 0.25) is 5.91 Å². The van der Waals surface area contributed by atoms with Crippen molar-refractivity contribution in [3.05, 3.63) is 29.8 Å². The van der Waals surface area contributed by atoms with Gasteiger partial charge in [0.25, 0.3) is 0 Å². The van der Waals surface area contributed by atoms with E-state index >= 15 is 0 Å². The first-order valence-electron chi connectivity index (χ1n) is 6.53. The van der Waals surface area contributed by atoms with Crippen LogP contribution in [0.25, 0.3) is 0 Å². The molecule has 6 nitrogen and oxygen atoms in total. The molecule has 0 aliphatic heterocycles. The summed E-state index contributed by atoms with van der Waals surface area (Å²) < 4.78 is 10.2. The Hall–Kier alpha value is -2.24. The Morgan fingerprint density at radius 3 is 2.65 bits per heavy atom.